The highest BCUT2D eigenvalue weighted by molar-refractivity contribution is 6.10. The SMILES string of the molecule is COC(=O)[C@]12CCC(O)[C@H](C1)C2=O. The Hall–Kier alpha value is -0.900. The first kappa shape index (κ1) is 8.69. The van der Waals surface area contributed by atoms with Crippen LogP contribution in [0.5, 0.6) is 0 Å². The predicted molar refractivity (Wildman–Crippen MR) is 42.8 cm³/mol. The largest absolute Gasteiger partial charge is 0.468 e. The first-order chi connectivity index (χ1) is 6.12. The van der Waals surface area contributed by atoms with Gasteiger partial charge in [0.05, 0.1) is 13.2 Å². The zero-order valence-electron chi connectivity index (χ0n) is 7.45. The van der Waals surface area contributed by atoms with Crippen LogP contribution in [-0.2, 0) is 14.3 Å². The molecule has 0 radical (unpaired) electrons. The highest BCUT2D eigenvalue weighted by Gasteiger charge is 2.64. The van der Waals surface area contributed by atoms with Gasteiger partial charge in [-0.2, -0.15) is 0 Å². The van der Waals surface area contributed by atoms with E-state index in [1.165, 1.54) is 7.11 Å². The van der Waals surface area contributed by atoms with Crippen LogP contribution in [0.25, 0.3) is 0 Å². The van der Waals surface area contributed by atoms with Crippen LogP contribution in [-0.4, -0.2) is 30.1 Å². The molecule has 0 aliphatic heterocycles. The molecule has 3 rings (SSSR count). The standard InChI is InChI=1S/C9H12O4/c1-13-8(12)9-3-2-6(10)5(4-9)7(9)11/h5-6,10H,2-4H2,1H3/t5-,6?,9+/m0/s1. The van der Waals surface area contributed by atoms with Gasteiger partial charge in [0.2, 0.25) is 0 Å². The fourth-order valence-corrected chi connectivity index (χ4v) is 2.41. The molecule has 4 heteroatoms. The lowest BCUT2D eigenvalue weighted by Crippen LogP contribution is -2.61. The van der Waals surface area contributed by atoms with Gasteiger partial charge in [-0.25, -0.2) is 0 Å². The van der Waals surface area contributed by atoms with Crippen LogP contribution in [0.2, 0.25) is 0 Å². The molecule has 1 unspecified atom stereocenters. The van der Waals surface area contributed by atoms with Crippen molar-refractivity contribution in [1.82, 2.24) is 0 Å². The highest BCUT2D eigenvalue weighted by Crippen LogP contribution is 2.53. The maximum atomic E-state index is 11.5. The molecule has 3 fully saturated rings. The normalized spacial score (nSPS) is 42.5. The van der Waals surface area contributed by atoms with Gasteiger partial charge in [-0.15, -0.1) is 0 Å². The van der Waals surface area contributed by atoms with E-state index in [9.17, 15) is 14.7 Å². The molecule has 0 aromatic carbocycles. The number of ether oxygens (including phenoxy) is 1. The lowest BCUT2D eigenvalue weighted by molar-refractivity contribution is -0.182. The van der Waals surface area contributed by atoms with Crippen LogP contribution in [0.1, 0.15) is 19.3 Å². The van der Waals surface area contributed by atoms with Gasteiger partial charge >= 0.3 is 5.97 Å². The van der Waals surface area contributed by atoms with Gasteiger partial charge in [0.1, 0.15) is 5.41 Å². The summed E-state index contributed by atoms with van der Waals surface area (Å²) in [4.78, 5) is 22.8. The molecule has 3 aliphatic carbocycles. The zero-order valence-corrected chi connectivity index (χ0v) is 7.45. The number of esters is 1. The van der Waals surface area contributed by atoms with E-state index in [0.29, 0.717) is 19.3 Å². The molecule has 2 bridgehead atoms. The molecule has 4 nitrogen and oxygen atoms in total. The summed E-state index contributed by atoms with van der Waals surface area (Å²) in [6, 6.07) is 0. The molecule has 3 atom stereocenters. The molecule has 3 aliphatic rings. The number of fused-ring (bicyclic) bond motifs is 2. The maximum Gasteiger partial charge on any atom is 0.319 e. The molecule has 0 spiro atoms. The lowest BCUT2D eigenvalue weighted by Gasteiger charge is -2.50. The van der Waals surface area contributed by atoms with Crippen molar-refractivity contribution in [2.24, 2.45) is 11.3 Å². The van der Waals surface area contributed by atoms with Crippen molar-refractivity contribution in [1.29, 1.82) is 0 Å². The monoisotopic (exact) mass is 184 g/mol. The van der Waals surface area contributed by atoms with Crippen molar-refractivity contribution in [2.45, 2.75) is 25.4 Å². The molecule has 1 N–H and O–H groups in total. The van der Waals surface area contributed by atoms with Crippen LogP contribution in [0.15, 0.2) is 0 Å². The lowest BCUT2D eigenvalue weighted by atomic mass is 9.52. The Balaban J connectivity index is 2.21. The molecule has 0 heterocycles. The van der Waals surface area contributed by atoms with Crippen LogP contribution in [0.4, 0.5) is 0 Å². The summed E-state index contributed by atoms with van der Waals surface area (Å²) in [6.07, 6.45) is 0.903. The quantitative estimate of drug-likeness (QED) is 0.456. The van der Waals surface area contributed by atoms with Crippen LogP contribution >= 0.6 is 0 Å². The van der Waals surface area contributed by atoms with E-state index in [1.807, 2.05) is 0 Å². The summed E-state index contributed by atoms with van der Waals surface area (Å²) >= 11 is 0. The number of ketones is 1. The van der Waals surface area contributed by atoms with Crippen LogP contribution < -0.4 is 0 Å². The third-order valence-corrected chi connectivity index (χ3v) is 3.28. The average molecular weight is 184 g/mol. The van der Waals surface area contributed by atoms with Crippen LogP contribution in [0.3, 0.4) is 0 Å². The predicted octanol–water partition coefficient (Wildman–Crippen LogP) is -0.111. The fraction of sp³-hybridized carbons (Fsp3) is 0.778. The first-order valence-electron chi connectivity index (χ1n) is 4.42. The molecule has 13 heavy (non-hydrogen) atoms. The number of aliphatic hydroxyl groups is 1. The molecule has 72 valence electrons. The van der Waals surface area contributed by atoms with Gasteiger partial charge < -0.3 is 9.84 Å². The highest BCUT2D eigenvalue weighted by atomic mass is 16.5. The molecular weight excluding hydrogens is 172 g/mol. The summed E-state index contributed by atoms with van der Waals surface area (Å²) in [6.45, 7) is 0. The minimum atomic E-state index is -0.890. The average Bonchev–Trinajstić information content (AvgIpc) is 2.15. The van der Waals surface area contributed by atoms with Gasteiger partial charge in [-0.1, -0.05) is 0 Å². The first-order valence-corrected chi connectivity index (χ1v) is 4.42. The Morgan fingerprint density at radius 3 is 2.85 bits per heavy atom. The van der Waals surface area contributed by atoms with Gasteiger partial charge in [0.25, 0.3) is 0 Å². The van der Waals surface area contributed by atoms with Gasteiger partial charge in [-0.05, 0) is 19.3 Å². The summed E-state index contributed by atoms with van der Waals surface area (Å²) in [5.41, 5.74) is -0.890. The number of rotatable bonds is 1. The van der Waals surface area contributed by atoms with E-state index >= 15 is 0 Å². The third-order valence-electron chi connectivity index (χ3n) is 3.28. The maximum absolute atomic E-state index is 11.5. The number of carbonyl (C=O) groups is 2. The number of aliphatic hydroxyl groups excluding tert-OH is 1. The second-order valence-electron chi connectivity index (χ2n) is 3.85. The van der Waals surface area contributed by atoms with E-state index in [1.54, 1.807) is 0 Å². The second kappa shape index (κ2) is 2.54. The Morgan fingerprint density at radius 1 is 1.69 bits per heavy atom. The van der Waals surface area contributed by atoms with Gasteiger partial charge in [0, 0.05) is 5.92 Å². The Bertz CT molecular complexity index is 269. The molecular formula is C9H12O4. The van der Waals surface area contributed by atoms with Crippen molar-refractivity contribution in [3.8, 4) is 0 Å². The Morgan fingerprint density at radius 2 is 2.38 bits per heavy atom. The summed E-state index contributed by atoms with van der Waals surface area (Å²) in [5.74, 6) is -0.869. The van der Waals surface area contributed by atoms with E-state index in [4.69, 9.17) is 0 Å². The van der Waals surface area contributed by atoms with Crippen molar-refractivity contribution in [3.63, 3.8) is 0 Å². The molecule has 0 aromatic heterocycles. The zero-order chi connectivity index (χ0) is 9.64. The molecule has 0 aromatic rings. The number of methoxy groups -OCH3 is 1. The topological polar surface area (TPSA) is 63.6 Å². The van der Waals surface area contributed by atoms with E-state index in [2.05, 4.69) is 4.74 Å². The smallest absolute Gasteiger partial charge is 0.319 e. The Kier molecular flexibility index (Phi) is 1.70. The summed E-state index contributed by atoms with van der Waals surface area (Å²) in [5, 5.41) is 9.38. The number of carbonyl (C=O) groups excluding carboxylic acids is 2. The van der Waals surface area contributed by atoms with Crippen molar-refractivity contribution in [3.05, 3.63) is 0 Å². The van der Waals surface area contributed by atoms with E-state index in [-0.39, 0.29) is 11.7 Å². The van der Waals surface area contributed by atoms with Gasteiger partial charge in [-0.3, -0.25) is 9.59 Å². The number of hydrogen-bond donors (Lipinski definition) is 1. The van der Waals surface area contributed by atoms with Crippen molar-refractivity contribution >= 4 is 11.8 Å². The van der Waals surface area contributed by atoms with E-state index in [0.717, 1.165) is 0 Å². The summed E-state index contributed by atoms with van der Waals surface area (Å²) in [7, 11) is 1.29. The minimum absolute atomic E-state index is 0.127. The van der Waals surface area contributed by atoms with Gasteiger partial charge in [0.15, 0.2) is 5.78 Å². The van der Waals surface area contributed by atoms with Crippen LogP contribution in [0, 0.1) is 11.3 Å². The summed E-state index contributed by atoms with van der Waals surface area (Å²) < 4.78 is 4.59. The second-order valence-corrected chi connectivity index (χ2v) is 3.85. The fourth-order valence-electron chi connectivity index (χ4n) is 2.41. The Labute approximate surface area is 75.9 Å². The molecule has 3 saturated carbocycles. The van der Waals surface area contributed by atoms with E-state index < -0.39 is 17.5 Å². The minimum Gasteiger partial charge on any atom is -0.468 e. The molecule has 0 amide bonds. The third kappa shape index (κ3) is 0.892. The molecule has 0 saturated heterocycles. The van der Waals surface area contributed by atoms with Crippen molar-refractivity contribution in [2.75, 3.05) is 7.11 Å². The van der Waals surface area contributed by atoms with Crippen molar-refractivity contribution < 1.29 is 19.4 Å². The number of Topliss-reactive ketones (excluding diaryl/α,β-unsaturated/α-hetero) is 1. The number of hydrogen-bond acceptors (Lipinski definition) is 4.